The van der Waals surface area contributed by atoms with Crippen LogP contribution in [0.3, 0.4) is 0 Å². The molecule has 1 aliphatic heterocycles. The number of hydrogen-bond donors (Lipinski definition) is 1. The lowest BCUT2D eigenvalue weighted by Crippen LogP contribution is -2.38. The van der Waals surface area contributed by atoms with Crippen LogP contribution in [-0.2, 0) is 29.2 Å². The van der Waals surface area contributed by atoms with Crippen LogP contribution in [0.15, 0.2) is 0 Å². The lowest BCUT2D eigenvalue weighted by atomic mass is 9.75. The van der Waals surface area contributed by atoms with Gasteiger partial charge in [0.05, 0.1) is 18.4 Å². The molecule has 1 heterocycles. The fourth-order valence-corrected chi connectivity index (χ4v) is 4.15. The van der Waals surface area contributed by atoms with Crippen molar-refractivity contribution in [2.75, 3.05) is 13.2 Å². The van der Waals surface area contributed by atoms with E-state index in [-0.39, 0.29) is 23.7 Å². The minimum atomic E-state index is -5.64. The zero-order valence-electron chi connectivity index (χ0n) is 11.3. The number of cyclic esters (lactones) is 1. The van der Waals surface area contributed by atoms with Crippen molar-refractivity contribution in [2.45, 2.75) is 18.1 Å². The molecule has 2 aliphatic carbocycles. The summed E-state index contributed by atoms with van der Waals surface area (Å²) in [5.41, 5.74) is 0. The maximum atomic E-state index is 13.1. The molecule has 1 saturated heterocycles. The molecule has 0 aromatic heterocycles. The van der Waals surface area contributed by atoms with Gasteiger partial charge in [0, 0.05) is 5.92 Å². The van der Waals surface area contributed by atoms with Crippen molar-refractivity contribution in [3.05, 3.63) is 0 Å². The summed E-state index contributed by atoms with van der Waals surface area (Å²) in [6.45, 7) is -1.41. The standard InChI is InChI=1S/C12H14F2O7S/c13-12(14,22(17,18)19)4-21-10(15)7-2-5-1-6(7)9-8(5)3-20-11(9)16/h5-9H,1-4H2,(H,17,18,19). The van der Waals surface area contributed by atoms with E-state index in [1.165, 1.54) is 0 Å². The van der Waals surface area contributed by atoms with Crippen LogP contribution in [0, 0.1) is 29.6 Å². The van der Waals surface area contributed by atoms with Crippen LogP contribution in [0.1, 0.15) is 12.8 Å². The molecule has 3 aliphatic rings. The summed E-state index contributed by atoms with van der Waals surface area (Å²) in [7, 11) is -5.64. The molecular weight excluding hydrogens is 326 g/mol. The van der Waals surface area contributed by atoms with Gasteiger partial charge in [0.1, 0.15) is 0 Å². The smallest absolute Gasteiger partial charge is 0.402 e. The van der Waals surface area contributed by atoms with E-state index in [1.807, 2.05) is 0 Å². The van der Waals surface area contributed by atoms with Gasteiger partial charge in [-0.1, -0.05) is 0 Å². The van der Waals surface area contributed by atoms with Crippen molar-refractivity contribution >= 4 is 22.1 Å². The molecule has 3 rings (SSSR count). The molecule has 0 radical (unpaired) electrons. The summed E-state index contributed by atoms with van der Waals surface area (Å²) in [4.78, 5) is 23.6. The summed E-state index contributed by atoms with van der Waals surface area (Å²) in [5.74, 6) is -2.58. The second kappa shape index (κ2) is 4.85. The minimum Gasteiger partial charge on any atom is -0.465 e. The highest BCUT2D eigenvalue weighted by molar-refractivity contribution is 7.86. The molecule has 5 atom stereocenters. The third-order valence-electron chi connectivity index (χ3n) is 4.93. The van der Waals surface area contributed by atoms with E-state index in [2.05, 4.69) is 4.74 Å². The van der Waals surface area contributed by atoms with E-state index in [1.54, 1.807) is 0 Å². The van der Waals surface area contributed by atoms with E-state index < -0.39 is 39.8 Å². The van der Waals surface area contributed by atoms with E-state index >= 15 is 0 Å². The highest BCUT2D eigenvalue weighted by Gasteiger charge is 2.61. The van der Waals surface area contributed by atoms with Crippen LogP contribution >= 0.6 is 0 Å². The summed E-state index contributed by atoms with van der Waals surface area (Å²) in [6.07, 6.45) is 1.05. The van der Waals surface area contributed by atoms with Gasteiger partial charge in [-0.2, -0.15) is 17.2 Å². The van der Waals surface area contributed by atoms with Gasteiger partial charge in [0.25, 0.3) is 0 Å². The number of fused-ring (bicyclic) bond motifs is 5. The number of alkyl halides is 2. The SMILES string of the molecule is O=C(OCC(F)(F)S(=O)(=O)O)C1CC2CC1C1C(=O)OCC21. The van der Waals surface area contributed by atoms with Gasteiger partial charge >= 0.3 is 27.3 Å². The average Bonchev–Trinajstić information content (AvgIpc) is 3.07. The molecule has 3 fully saturated rings. The zero-order chi connectivity index (χ0) is 16.3. The van der Waals surface area contributed by atoms with Crippen LogP contribution in [0.25, 0.3) is 0 Å². The Morgan fingerprint density at radius 2 is 2.05 bits per heavy atom. The first-order valence-corrected chi connectivity index (χ1v) is 8.24. The van der Waals surface area contributed by atoms with Gasteiger partial charge in [-0.3, -0.25) is 14.1 Å². The van der Waals surface area contributed by atoms with Gasteiger partial charge in [0.15, 0.2) is 6.61 Å². The average molecular weight is 340 g/mol. The van der Waals surface area contributed by atoms with Gasteiger partial charge in [-0.25, -0.2) is 0 Å². The number of esters is 2. The van der Waals surface area contributed by atoms with Crippen molar-refractivity contribution in [1.82, 2.24) is 0 Å². The monoisotopic (exact) mass is 340 g/mol. The molecular formula is C12H14F2O7S. The van der Waals surface area contributed by atoms with Gasteiger partial charge < -0.3 is 9.47 Å². The first-order chi connectivity index (χ1) is 10.1. The Balaban J connectivity index is 1.64. The predicted octanol–water partition coefficient (Wildman–Crippen LogP) is 0.455. The Morgan fingerprint density at radius 1 is 1.36 bits per heavy atom. The number of halogens is 2. The topological polar surface area (TPSA) is 107 Å². The molecule has 1 N–H and O–H groups in total. The Kier molecular flexibility index (Phi) is 3.44. The third kappa shape index (κ3) is 2.28. The number of rotatable bonds is 4. The van der Waals surface area contributed by atoms with Gasteiger partial charge in [-0.05, 0) is 24.7 Å². The maximum absolute atomic E-state index is 13.1. The second-order valence-electron chi connectivity index (χ2n) is 6.04. The largest absolute Gasteiger partial charge is 0.465 e. The van der Waals surface area contributed by atoms with Crippen LogP contribution in [0.5, 0.6) is 0 Å². The van der Waals surface area contributed by atoms with Crippen molar-refractivity contribution in [2.24, 2.45) is 29.6 Å². The Morgan fingerprint density at radius 3 is 2.68 bits per heavy atom. The minimum absolute atomic E-state index is 0.0702. The Labute approximate surface area is 124 Å². The molecule has 5 unspecified atom stereocenters. The summed E-state index contributed by atoms with van der Waals surface area (Å²) >= 11 is 0. The molecule has 0 aromatic carbocycles. The molecule has 22 heavy (non-hydrogen) atoms. The van der Waals surface area contributed by atoms with Crippen molar-refractivity contribution in [3.8, 4) is 0 Å². The molecule has 2 bridgehead atoms. The van der Waals surface area contributed by atoms with Crippen molar-refractivity contribution in [1.29, 1.82) is 0 Å². The fraction of sp³-hybridized carbons (Fsp3) is 0.833. The quantitative estimate of drug-likeness (QED) is 0.585. The third-order valence-corrected chi connectivity index (χ3v) is 5.80. The molecule has 10 heteroatoms. The maximum Gasteiger partial charge on any atom is 0.402 e. The lowest BCUT2D eigenvalue weighted by Gasteiger charge is -2.27. The van der Waals surface area contributed by atoms with Crippen LogP contribution in [-0.4, -0.2) is 43.4 Å². The molecule has 7 nitrogen and oxygen atoms in total. The first kappa shape index (κ1) is 15.6. The second-order valence-corrected chi connectivity index (χ2v) is 7.59. The molecule has 124 valence electrons. The van der Waals surface area contributed by atoms with E-state index in [9.17, 15) is 26.8 Å². The van der Waals surface area contributed by atoms with Crippen molar-refractivity contribution in [3.63, 3.8) is 0 Å². The predicted molar refractivity (Wildman–Crippen MR) is 65.1 cm³/mol. The van der Waals surface area contributed by atoms with Crippen LogP contribution in [0.4, 0.5) is 8.78 Å². The van der Waals surface area contributed by atoms with E-state index in [0.717, 1.165) is 0 Å². The number of ether oxygens (including phenoxy) is 2. The van der Waals surface area contributed by atoms with Gasteiger partial charge in [0.2, 0.25) is 0 Å². The lowest BCUT2D eigenvalue weighted by molar-refractivity contribution is -0.158. The zero-order valence-corrected chi connectivity index (χ0v) is 12.1. The molecule has 0 aromatic rings. The molecule has 0 spiro atoms. The van der Waals surface area contributed by atoms with Crippen molar-refractivity contribution < 1.29 is 40.8 Å². The number of hydrogen-bond acceptors (Lipinski definition) is 6. The normalized spacial score (nSPS) is 37.0. The Bertz CT molecular complexity index is 617. The molecule has 0 amide bonds. The Hall–Kier alpha value is -1.29. The van der Waals surface area contributed by atoms with Crippen LogP contribution in [0.2, 0.25) is 0 Å². The number of carbonyl (C=O) groups excluding carboxylic acids is 2. The first-order valence-electron chi connectivity index (χ1n) is 6.80. The van der Waals surface area contributed by atoms with Crippen LogP contribution < -0.4 is 0 Å². The highest BCUT2D eigenvalue weighted by Crippen LogP contribution is 2.58. The summed E-state index contributed by atoms with van der Waals surface area (Å²) in [6, 6.07) is 0. The highest BCUT2D eigenvalue weighted by atomic mass is 32.2. The van der Waals surface area contributed by atoms with Gasteiger partial charge in [-0.15, -0.1) is 0 Å². The number of carbonyl (C=O) groups is 2. The summed E-state index contributed by atoms with van der Waals surface area (Å²) in [5, 5.41) is -4.55. The molecule has 2 saturated carbocycles. The fourth-order valence-electron chi connectivity index (χ4n) is 3.94. The summed E-state index contributed by atoms with van der Waals surface area (Å²) < 4.78 is 64.7. The van der Waals surface area contributed by atoms with E-state index in [0.29, 0.717) is 19.4 Å². The van der Waals surface area contributed by atoms with E-state index in [4.69, 9.17) is 9.29 Å².